The van der Waals surface area contributed by atoms with Gasteiger partial charge in [-0.15, -0.1) is 0 Å². The van der Waals surface area contributed by atoms with Gasteiger partial charge >= 0.3 is 0 Å². The average Bonchev–Trinajstić information content (AvgIpc) is 2.44. The van der Waals surface area contributed by atoms with Gasteiger partial charge in [0.1, 0.15) is 5.75 Å². The van der Waals surface area contributed by atoms with Gasteiger partial charge in [-0.25, -0.2) is 0 Å². The SMILES string of the molecule is CCOc1ccc(Cl)cc1NC(=O)Cc1ccc(N)cc1. The van der Waals surface area contributed by atoms with Gasteiger partial charge in [0, 0.05) is 10.7 Å². The number of rotatable bonds is 5. The molecule has 21 heavy (non-hydrogen) atoms. The van der Waals surface area contributed by atoms with Crippen LogP contribution < -0.4 is 15.8 Å². The quantitative estimate of drug-likeness (QED) is 0.831. The highest BCUT2D eigenvalue weighted by Crippen LogP contribution is 2.28. The van der Waals surface area contributed by atoms with E-state index in [9.17, 15) is 4.79 Å². The predicted octanol–water partition coefficient (Wildman–Crippen LogP) is 3.50. The van der Waals surface area contributed by atoms with Crippen LogP contribution in [0.25, 0.3) is 0 Å². The number of nitrogens with two attached hydrogens (primary N) is 1. The lowest BCUT2D eigenvalue weighted by Crippen LogP contribution is -2.15. The summed E-state index contributed by atoms with van der Waals surface area (Å²) in [5.74, 6) is 0.468. The molecule has 3 N–H and O–H groups in total. The Morgan fingerprint density at radius 3 is 2.62 bits per heavy atom. The smallest absolute Gasteiger partial charge is 0.228 e. The van der Waals surface area contributed by atoms with Crippen molar-refractivity contribution in [1.29, 1.82) is 0 Å². The summed E-state index contributed by atoms with van der Waals surface area (Å²) in [6.07, 6.45) is 0.262. The third-order valence-corrected chi connectivity index (χ3v) is 3.10. The maximum absolute atomic E-state index is 12.1. The van der Waals surface area contributed by atoms with Crippen molar-refractivity contribution in [3.05, 3.63) is 53.1 Å². The Kier molecular flexibility index (Phi) is 5.06. The number of nitrogens with one attached hydrogen (secondary N) is 1. The highest BCUT2D eigenvalue weighted by molar-refractivity contribution is 6.31. The van der Waals surface area contributed by atoms with Gasteiger partial charge in [-0.05, 0) is 42.8 Å². The Balaban J connectivity index is 2.08. The minimum Gasteiger partial charge on any atom is -0.492 e. The molecule has 0 atom stereocenters. The largest absolute Gasteiger partial charge is 0.492 e. The van der Waals surface area contributed by atoms with E-state index in [0.29, 0.717) is 28.8 Å². The summed E-state index contributed by atoms with van der Waals surface area (Å²) < 4.78 is 5.47. The zero-order chi connectivity index (χ0) is 15.2. The van der Waals surface area contributed by atoms with Crippen LogP contribution in [0.1, 0.15) is 12.5 Å². The summed E-state index contributed by atoms with van der Waals surface area (Å²) in [6, 6.07) is 12.3. The van der Waals surface area contributed by atoms with Crippen molar-refractivity contribution in [1.82, 2.24) is 0 Å². The molecule has 0 fully saturated rings. The number of nitrogen functional groups attached to an aromatic ring is 1. The van der Waals surface area contributed by atoms with Crippen molar-refractivity contribution in [2.75, 3.05) is 17.7 Å². The summed E-state index contributed by atoms with van der Waals surface area (Å²) in [7, 11) is 0. The maximum Gasteiger partial charge on any atom is 0.228 e. The molecule has 0 radical (unpaired) electrons. The number of ether oxygens (including phenoxy) is 1. The zero-order valence-corrected chi connectivity index (χ0v) is 12.5. The third-order valence-electron chi connectivity index (χ3n) is 2.86. The predicted molar refractivity (Wildman–Crippen MR) is 85.8 cm³/mol. The van der Waals surface area contributed by atoms with Crippen LogP contribution in [0.3, 0.4) is 0 Å². The van der Waals surface area contributed by atoms with E-state index in [1.807, 2.05) is 19.1 Å². The van der Waals surface area contributed by atoms with Crippen LogP contribution in [-0.4, -0.2) is 12.5 Å². The number of carbonyl (C=O) groups excluding carboxylic acids is 1. The molecule has 0 aromatic heterocycles. The van der Waals surface area contributed by atoms with E-state index < -0.39 is 0 Å². The van der Waals surface area contributed by atoms with Crippen LogP contribution in [0, 0.1) is 0 Å². The Morgan fingerprint density at radius 2 is 1.95 bits per heavy atom. The van der Waals surface area contributed by atoms with Crippen LogP contribution in [0.15, 0.2) is 42.5 Å². The summed E-state index contributed by atoms with van der Waals surface area (Å²) in [4.78, 5) is 12.1. The minimum atomic E-state index is -0.136. The fraction of sp³-hybridized carbons (Fsp3) is 0.188. The molecule has 110 valence electrons. The lowest BCUT2D eigenvalue weighted by molar-refractivity contribution is -0.115. The van der Waals surface area contributed by atoms with E-state index in [1.165, 1.54) is 0 Å². The van der Waals surface area contributed by atoms with Crippen molar-refractivity contribution < 1.29 is 9.53 Å². The summed E-state index contributed by atoms with van der Waals surface area (Å²) in [5, 5.41) is 3.36. The molecule has 0 saturated carbocycles. The number of benzene rings is 2. The molecule has 2 aromatic rings. The molecule has 0 spiro atoms. The number of hydrogen-bond donors (Lipinski definition) is 2. The molecule has 0 unspecified atom stereocenters. The van der Waals surface area contributed by atoms with E-state index >= 15 is 0 Å². The monoisotopic (exact) mass is 304 g/mol. The molecule has 2 rings (SSSR count). The molecule has 0 heterocycles. The van der Waals surface area contributed by atoms with Crippen molar-refractivity contribution in [2.24, 2.45) is 0 Å². The van der Waals surface area contributed by atoms with Crippen molar-refractivity contribution in [3.63, 3.8) is 0 Å². The molecule has 4 nitrogen and oxygen atoms in total. The van der Waals surface area contributed by atoms with Gasteiger partial charge in [0.05, 0.1) is 18.7 Å². The van der Waals surface area contributed by atoms with Gasteiger partial charge in [0.2, 0.25) is 5.91 Å². The second-order valence-electron chi connectivity index (χ2n) is 4.54. The average molecular weight is 305 g/mol. The molecule has 0 bridgehead atoms. The molecule has 0 saturated heterocycles. The molecule has 0 aliphatic rings. The lowest BCUT2D eigenvalue weighted by Gasteiger charge is -2.12. The summed E-state index contributed by atoms with van der Waals surface area (Å²) >= 11 is 5.96. The van der Waals surface area contributed by atoms with Gasteiger partial charge in [0.15, 0.2) is 0 Å². The number of amides is 1. The highest BCUT2D eigenvalue weighted by atomic mass is 35.5. The molecule has 0 aliphatic carbocycles. The Bertz CT molecular complexity index is 627. The molecule has 5 heteroatoms. The Morgan fingerprint density at radius 1 is 1.24 bits per heavy atom. The summed E-state index contributed by atoms with van der Waals surface area (Å²) in [6.45, 7) is 2.40. The van der Waals surface area contributed by atoms with E-state index in [4.69, 9.17) is 22.1 Å². The first-order chi connectivity index (χ1) is 10.1. The highest BCUT2D eigenvalue weighted by Gasteiger charge is 2.09. The fourth-order valence-corrected chi connectivity index (χ4v) is 2.07. The third kappa shape index (κ3) is 4.39. The van der Waals surface area contributed by atoms with Crippen molar-refractivity contribution in [3.8, 4) is 5.75 Å². The summed E-state index contributed by atoms with van der Waals surface area (Å²) in [5.41, 5.74) is 7.76. The first-order valence-electron chi connectivity index (χ1n) is 6.65. The van der Waals surface area contributed by atoms with E-state index in [1.54, 1.807) is 30.3 Å². The molecular weight excluding hydrogens is 288 g/mol. The van der Waals surface area contributed by atoms with Gasteiger partial charge in [-0.3, -0.25) is 4.79 Å². The topological polar surface area (TPSA) is 64.3 Å². The molecule has 2 aromatic carbocycles. The van der Waals surface area contributed by atoms with E-state index in [2.05, 4.69) is 5.32 Å². The van der Waals surface area contributed by atoms with Crippen molar-refractivity contribution in [2.45, 2.75) is 13.3 Å². The van der Waals surface area contributed by atoms with Crippen molar-refractivity contribution >= 4 is 28.9 Å². The normalized spacial score (nSPS) is 10.2. The van der Waals surface area contributed by atoms with Gasteiger partial charge in [-0.1, -0.05) is 23.7 Å². The van der Waals surface area contributed by atoms with Gasteiger partial charge < -0.3 is 15.8 Å². The second-order valence-corrected chi connectivity index (χ2v) is 4.98. The van der Waals surface area contributed by atoms with Crippen LogP contribution >= 0.6 is 11.6 Å². The first kappa shape index (κ1) is 15.2. The number of carbonyl (C=O) groups is 1. The first-order valence-corrected chi connectivity index (χ1v) is 7.03. The minimum absolute atomic E-state index is 0.136. The van der Waals surface area contributed by atoms with Crippen LogP contribution in [0.2, 0.25) is 5.02 Å². The van der Waals surface area contributed by atoms with E-state index in [-0.39, 0.29) is 12.3 Å². The molecule has 1 amide bonds. The zero-order valence-electron chi connectivity index (χ0n) is 11.7. The number of anilines is 2. The maximum atomic E-state index is 12.1. The lowest BCUT2D eigenvalue weighted by atomic mass is 10.1. The molecule has 0 aliphatic heterocycles. The second kappa shape index (κ2) is 6.99. The number of hydrogen-bond acceptors (Lipinski definition) is 3. The van der Waals surface area contributed by atoms with Crippen LogP contribution in [-0.2, 0) is 11.2 Å². The number of halogens is 1. The standard InChI is InChI=1S/C16H17ClN2O2/c1-2-21-15-8-5-12(17)10-14(15)19-16(20)9-11-3-6-13(18)7-4-11/h3-8,10H,2,9,18H2,1H3,(H,19,20). The molecular formula is C16H17ClN2O2. The van der Waals surface area contributed by atoms with Gasteiger partial charge in [0.25, 0.3) is 0 Å². The Hall–Kier alpha value is -2.20. The van der Waals surface area contributed by atoms with Crippen LogP contribution in [0.4, 0.5) is 11.4 Å². The van der Waals surface area contributed by atoms with Gasteiger partial charge in [-0.2, -0.15) is 0 Å². The van der Waals surface area contributed by atoms with E-state index in [0.717, 1.165) is 5.56 Å². The Labute approximate surface area is 128 Å². The fourth-order valence-electron chi connectivity index (χ4n) is 1.90. The van der Waals surface area contributed by atoms with Crippen LogP contribution in [0.5, 0.6) is 5.75 Å².